The quantitative estimate of drug-likeness (QED) is 0.703. The molecule has 0 saturated carbocycles. The van der Waals surface area contributed by atoms with E-state index in [1.807, 2.05) is 30.3 Å². The number of carbonyl (C=O) groups is 3. The fourth-order valence-electron chi connectivity index (χ4n) is 3.12. The first-order chi connectivity index (χ1) is 13.9. The number of amides is 3. The average molecular weight is 446 g/mol. The summed E-state index contributed by atoms with van der Waals surface area (Å²) in [5.41, 5.74) is 2.23. The van der Waals surface area contributed by atoms with Crippen molar-refractivity contribution >= 4 is 57.7 Å². The Morgan fingerprint density at radius 2 is 1.86 bits per heavy atom. The van der Waals surface area contributed by atoms with Crippen LogP contribution in [0.15, 0.2) is 64.6 Å². The Morgan fingerprint density at radius 3 is 2.52 bits per heavy atom. The molecule has 0 radical (unpaired) electrons. The molecule has 1 atom stereocenters. The Balaban J connectivity index is 1.71. The molecule has 1 fully saturated rings. The Labute approximate surface area is 180 Å². The molecule has 2 aliphatic heterocycles. The third-order valence-electron chi connectivity index (χ3n) is 4.47. The molecule has 0 aliphatic carbocycles. The molecule has 2 heterocycles. The van der Waals surface area contributed by atoms with Gasteiger partial charge in [0.25, 0.3) is 17.1 Å². The monoisotopic (exact) mass is 445 g/mol. The normalized spacial score (nSPS) is 20.2. The number of hydrogen-bond donors (Lipinski definition) is 1. The predicted octanol–water partition coefficient (Wildman–Crippen LogP) is 4.54. The summed E-state index contributed by atoms with van der Waals surface area (Å²) in [6, 6.07) is 14.0. The highest BCUT2D eigenvalue weighted by Crippen LogP contribution is 2.35. The van der Waals surface area contributed by atoms with Gasteiger partial charge in [-0.15, -0.1) is 0 Å². The lowest BCUT2D eigenvalue weighted by Gasteiger charge is -2.21. The number of benzene rings is 2. The zero-order chi connectivity index (χ0) is 20.5. The van der Waals surface area contributed by atoms with E-state index >= 15 is 0 Å². The van der Waals surface area contributed by atoms with Crippen molar-refractivity contribution in [2.24, 2.45) is 5.10 Å². The third-order valence-corrected chi connectivity index (χ3v) is 5.86. The Hall–Kier alpha value is -2.61. The first-order valence-electron chi connectivity index (χ1n) is 8.58. The molecular weight excluding hydrogens is 433 g/mol. The van der Waals surface area contributed by atoms with E-state index < -0.39 is 23.1 Å². The summed E-state index contributed by atoms with van der Waals surface area (Å²) in [5.74, 6) is -1.09. The zero-order valence-electron chi connectivity index (χ0n) is 14.8. The van der Waals surface area contributed by atoms with E-state index in [1.54, 1.807) is 18.2 Å². The van der Waals surface area contributed by atoms with Crippen molar-refractivity contribution in [3.05, 3.63) is 80.7 Å². The lowest BCUT2D eigenvalue weighted by atomic mass is 9.98. The van der Waals surface area contributed by atoms with Gasteiger partial charge < -0.3 is 0 Å². The van der Waals surface area contributed by atoms with Crippen LogP contribution < -0.4 is 5.32 Å². The molecule has 146 valence electrons. The Kier molecular flexibility index (Phi) is 5.45. The molecule has 0 aromatic heterocycles. The molecule has 0 bridgehead atoms. The molecule has 3 amide bonds. The molecule has 9 heteroatoms. The molecule has 2 aromatic rings. The van der Waals surface area contributed by atoms with Crippen LogP contribution in [0, 0.1) is 0 Å². The van der Waals surface area contributed by atoms with Crippen LogP contribution in [0.2, 0.25) is 10.0 Å². The van der Waals surface area contributed by atoms with Crippen LogP contribution in [0.3, 0.4) is 0 Å². The van der Waals surface area contributed by atoms with Crippen LogP contribution in [0.4, 0.5) is 4.79 Å². The van der Waals surface area contributed by atoms with Gasteiger partial charge in [-0.1, -0.05) is 53.5 Å². The second-order valence-corrected chi connectivity index (χ2v) is 8.19. The van der Waals surface area contributed by atoms with Crippen molar-refractivity contribution in [3.63, 3.8) is 0 Å². The van der Waals surface area contributed by atoms with Gasteiger partial charge >= 0.3 is 0 Å². The SMILES string of the molecule is O=C1NC(=O)/C(=C/C(=O)N2N=C(c3ccccc3Cl)CC2c2ccc(Cl)cc2)S1. The van der Waals surface area contributed by atoms with E-state index in [-0.39, 0.29) is 4.91 Å². The summed E-state index contributed by atoms with van der Waals surface area (Å²) in [6.07, 6.45) is 1.57. The molecule has 2 aromatic carbocycles. The second kappa shape index (κ2) is 8.02. The molecule has 0 spiro atoms. The molecule has 2 aliphatic rings. The van der Waals surface area contributed by atoms with Gasteiger partial charge in [0.05, 0.1) is 16.7 Å². The highest BCUT2D eigenvalue weighted by Gasteiger charge is 2.34. The van der Waals surface area contributed by atoms with Crippen LogP contribution >= 0.6 is 35.0 Å². The van der Waals surface area contributed by atoms with Crippen molar-refractivity contribution in [2.75, 3.05) is 0 Å². The van der Waals surface area contributed by atoms with Gasteiger partial charge in [-0.3, -0.25) is 19.7 Å². The molecular formula is C20H13Cl2N3O3S. The van der Waals surface area contributed by atoms with Gasteiger partial charge in [0, 0.05) is 28.1 Å². The van der Waals surface area contributed by atoms with E-state index in [0.29, 0.717) is 33.9 Å². The Morgan fingerprint density at radius 1 is 1.14 bits per heavy atom. The van der Waals surface area contributed by atoms with Crippen molar-refractivity contribution in [2.45, 2.75) is 12.5 Å². The van der Waals surface area contributed by atoms with E-state index in [1.165, 1.54) is 5.01 Å². The van der Waals surface area contributed by atoms with Gasteiger partial charge in [-0.05, 0) is 35.5 Å². The third kappa shape index (κ3) is 4.07. The number of carbonyl (C=O) groups excluding carboxylic acids is 3. The van der Waals surface area contributed by atoms with Crippen molar-refractivity contribution in [3.8, 4) is 0 Å². The van der Waals surface area contributed by atoms with Gasteiger partial charge in [-0.25, -0.2) is 5.01 Å². The number of imide groups is 1. The smallest absolute Gasteiger partial charge is 0.282 e. The highest BCUT2D eigenvalue weighted by molar-refractivity contribution is 8.18. The molecule has 29 heavy (non-hydrogen) atoms. The van der Waals surface area contributed by atoms with Crippen LogP contribution in [0.1, 0.15) is 23.6 Å². The standard InChI is InChI=1S/C20H13Cl2N3O3S/c21-12-7-5-11(6-8-12)16-9-15(13-3-1-2-4-14(13)22)24-25(16)18(26)10-17-19(27)23-20(28)29-17/h1-8,10,16H,9H2,(H,23,27,28)/b17-10-. The fourth-order valence-corrected chi connectivity index (χ4v) is 4.13. The Bertz CT molecular complexity index is 1080. The fraction of sp³-hybridized carbons (Fsp3) is 0.100. The minimum absolute atomic E-state index is 0.0382. The summed E-state index contributed by atoms with van der Waals surface area (Å²) >= 11 is 13.0. The number of rotatable bonds is 3. The van der Waals surface area contributed by atoms with E-state index in [4.69, 9.17) is 23.2 Å². The first kappa shape index (κ1) is 19.7. The van der Waals surface area contributed by atoms with Crippen molar-refractivity contribution in [1.82, 2.24) is 10.3 Å². The van der Waals surface area contributed by atoms with Gasteiger partial charge in [0.1, 0.15) is 0 Å². The highest BCUT2D eigenvalue weighted by atomic mass is 35.5. The number of hydrazone groups is 1. The lowest BCUT2D eigenvalue weighted by Crippen LogP contribution is -2.26. The van der Waals surface area contributed by atoms with E-state index in [2.05, 4.69) is 10.4 Å². The number of nitrogens with one attached hydrogen (secondary N) is 1. The molecule has 1 N–H and O–H groups in total. The van der Waals surface area contributed by atoms with Crippen molar-refractivity contribution in [1.29, 1.82) is 0 Å². The molecule has 1 saturated heterocycles. The zero-order valence-corrected chi connectivity index (χ0v) is 17.1. The average Bonchev–Trinajstić information content (AvgIpc) is 3.26. The number of hydrogen-bond acceptors (Lipinski definition) is 5. The maximum atomic E-state index is 12.9. The topological polar surface area (TPSA) is 78.8 Å². The van der Waals surface area contributed by atoms with Gasteiger partial charge in [-0.2, -0.15) is 5.10 Å². The summed E-state index contributed by atoms with van der Waals surface area (Å²) in [4.78, 5) is 36.1. The first-order valence-corrected chi connectivity index (χ1v) is 10.2. The molecule has 4 rings (SSSR count). The van der Waals surface area contributed by atoms with Gasteiger partial charge in [0.2, 0.25) is 0 Å². The molecule has 6 nitrogen and oxygen atoms in total. The van der Waals surface area contributed by atoms with Crippen LogP contribution in [0.25, 0.3) is 0 Å². The minimum atomic E-state index is -0.592. The number of nitrogens with zero attached hydrogens (tertiary/aromatic N) is 2. The van der Waals surface area contributed by atoms with Crippen molar-refractivity contribution < 1.29 is 14.4 Å². The van der Waals surface area contributed by atoms with E-state index in [0.717, 1.165) is 17.2 Å². The summed E-state index contributed by atoms with van der Waals surface area (Å²) < 4.78 is 0. The van der Waals surface area contributed by atoms with Crippen LogP contribution in [-0.2, 0) is 9.59 Å². The number of thioether (sulfide) groups is 1. The largest absolute Gasteiger partial charge is 0.290 e. The van der Waals surface area contributed by atoms with Gasteiger partial charge in [0.15, 0.2) is 0 Å². The van der Waals surface area contributed by atoms with Crippen LogP contribution in [0.5, 0.6) is 0 Å². The maximum Gasteiger partial charge on any atom is 0.290 e. The van der Waals surface area contributed by atoms with E-state index in [9.17, 15) is 14.4 Å². The minimum Gasteiger partial charge on any atom is -0.282 e. The maximum absolute atomic E-state index is 12.9. The summed E-state index contributed by atoms with van der Waals surface area (Å²) in [5, 5.41) is 8.54. The summed E-state index contributed by atoms with van der Waals surface area (Å²) in [6.45, 7) is 0. The summed E-state index contributed by atoms with van der Waals surface area (Å²) in [7, 11) is 0. The lowest BCUT2D eigenvalue weighted by molar-refractivity contribution is -0.128. The predicted molar refractivity (Wildman–Crippen MR) is 113 cm³/mol. The number of halogens is 2. The van der Waals surface area contributed by atoms with Crippen LogP contribution in [-0.4, -0.2) is 27.8 Å². The second-order valence-electron chi connectivity index (χ2n) is 6.33. The molecule has 1 unspecified atom stereocenters.